The largest absolute Gasteiger partial charge is 0.495 e. The first-order chi connectivity index (χ1) is 7.74. The van der Waals surface area contributed by atoms with Crippen LogP contribution in [0, 0.1) is 11.3 Å². The Balaban J connectivity index is 2.96. The molecule has 16 heavy (non-hydrogen) atoms. The van der Waals surface area contributed by atoms with Crippen molar-refractivity contribution in [3.8, 4) is 11.8 Å². The fourth-order valence-corrected chi connectivity index (χ4v) is 1.62. The Morgan fingerprint density at radius 3 is 2.81 bits per heavy atom. The van der Waals surface area contributed by atoms with E-state index in [0.29, 0.717) is 24.4 Å². The molecule has 1 aromatic carbocycles. The first-order valence-corrected chi connectivity index (χ1v) is 5.29. The normalized spacial score (nSPS) is 9.56. The summed E-state index contributed by atoms with van der Waals surface area (Å²) in [6.45, 7) is 3.54. The third-order valence-electron chi connectivity index (χ3n) is 2.48. The molecular weight excluding hydrogens is 202 g/mol. The fourth-order valence-electron chi connectivity index (χ4n) is 1.62. The zero-order valence-electron chi connectivity index (χ0n) is 9.73. The van der Waals surface area contributed by atoms with E-state index in [-0.39, 0.29) is 0 Å². The second kappa shape index (κ2) is 5.86. The van der Waals surface area contributed by atoms with Gasteiger partial charge in [-0.3, -0.25) is 0 Å². The van der Waals surface area contributed by atoms with Crippen molar-refractivity contribution in [2.45, 2.75) is 13.3 Å². The maximum absolute atomic E-state index is 8.60. The molecule has 0 atom stereocenters. The van der Waals surface area contributed by atoms with Crippen LogP contribution in [0.3, 0.4) is 0 Å². The van der Waals surface area contributed by atoms with E-state index in [4.69, 9.17) is 15.7 Å². The predicted molar refractivity (Wildman–Crippen MR) is 65.5 cm³/mol. The SMILES string of the molecule is CCN(CCC#N)c1cccc(OC)c1N. The number of methoxy groups -OCH3 is 1. The molecule has 0 aromatic heterocycles. The maximum atomic E-state index is 8.60. The quantitative estimate of drug-likeness (QED) is 0.769. The van der Waals surface area contributed by atoms with E-state index in [2.05, 4.69) is 11.0 Å². The zero-order chi connectivity index (χ0) is 12.0. The van der Waals surface area contributed by atoms with Crippen molar-refractivity contribution in [3.05, 3.63) is 18.2 Å². The molecule has 0 radical (unpaired) electrons. The predicted octanol–water partition coefficient (Wildman–Crippen LogP) is 2.02. The van der Waals surface area contributed by atoms with Gasteiger partial charge >= 0.3 is 0 Å². The third-order valence-corrected chi connectivity index (χ3v) is 2.48. The van der Waals surface area contributed by atoms with E-state index in [1.54, 1.807) is 7.11 Å². The van der Waals surface area contributed by atoms with Crippen LogP contribution in [0.5, 0.6) is 5.75 Å². The molecule has 0 aliphatic rings. The standard InChI is InChI=1S/C12H17N3O/c1-3-15(9-5-8-13)10-6-4-7-11(16-2)12(10)14/h4,6-7H,3,5,9,14H2,1-2H3. The van der Waals surface area contributed by atoms with Gasteiger partial charge in [0.1, 0.15) is 5.75 Å². The molecule has 4 heteroatoms. The van der Waals surface area contributed by atoms with Gasteiger partial charge in [-0.2, -0.15) is 5.26 Å². The summed E-state index contributed by atoms with van der Waals surface area (Å²) in [6, 6.07) is 7.81. The van der Waals surface area contributed by atoms with Gasteiger partial charge in [-0.25, -0.2) is 0 Å². The van der Waals surface area contributed by atoms with Crippen molar-refractivity contribution >= 4 is 11.4 Å². The van der Waals surface area contributed by atoms with E-state index in [1.807, 2.05) is 25.1 Å². The van der Waals surface area contributed by atoms with E-state index >= 15 is 0 Å². The minimum atomic E-state index is 0.491. The molecule has 0 aliphatic carbocycles. The van der Waals surface area contributed by atoms with Gasteiger partial charge in [-0.15, -0.1) is 0 Å². The lowest BCUT2D eigenvalue weighted by atomic mass is 10.2. The first-order valence-electron chi connectivity index (χ1n) is 5.29. The highest BCUT2D eigenvalue weighted by molar-refractivity contribution is 5.74. The number of nitrogen functional groups attached to an aromatic ring is 1. The summed E-state index contributed by atoms with van der Waals surface area (Å²) in [5.74, 6) is 0.674. The molecule has 0 saturated carbocycles. The number of para-hydroxylation sites is 1. The Kier molecular flexibility index (Phi) is 4.46. The number of rotatable bonds is 5. The highest BCUT2D eigenvalue weighted by Gasteiger charge is 2.10. The topological polar surface area (TPSA) is 62.3 Å². The Morgan fingerprint density at radius 2 is 2.25 bits per heavy atom. The smallest absolute Gasteiger partial charge is 0.143 e. The Bertz CT molecular complexity index is 384. The molecule has 1 rings (SSSR count). The van der Waals surface area contributed by atoms with Crippen molar-refractivity contribution in [3.63, 3.8) is 0 Å². The molecule has 0 spiro atoms. The van der Waals surface area contributed by atoms with E-state index in [9.17, 15) is 0 Å². The summed E-state index contributed by atoms with van der Waals surface area (Å²) in [5, 5.41) is 8.60. The molecule has 86 valence electrons. The molecule has 0 aliphatic heterocycles. The van der Waals surface area contributed by atoms with Gasteiger partial charge < -0.3 is 15.4 Å². The minimum absolute atomic E-state index is 0.491. The summed E-state index contributed by atoms with van der Waals surface area (Å²) in [4.78, 5) is 2.07. The second-order valence-electron chi connectivity index (χ2n) is 3.38. The second-order valence-corrected chi connectivity index (χ2v) is 3.38. The lowest BCUT2D eigenvalue weighted by Gasteiger charge is -2.24. The van der Waals surface area contributed by atoms with Crippen LogP contribution >= 0.6 is 0 Å². The van der Waals surface area contributed by atoms with Gasteiger partial charge in [0.2, 0.25) is 0 Å². The summed E-state index contributed by atoms with van der Waals surface area (Å²) in [5.41, 5.74) is 7.55. The Hall–Kier alpha value is -1.89. The number of hydrogen-bond donors (Lipinski definition) is 1. The number of anilines is 2. The van der Waals surface area contributed by atoms with Gasteiger partial charge in [-0.05, 0) is 19.1 Å². The molecule has 0 fully saturated rings. The minimum Gasteiger partial charge on any atom is -0.495 e. The number of hydrogen-bond acceptors (Lipinski definition) is 4. The molecule has 2 N–H and O–H groups in total. The Labute approximate surface area is 96.2 Å². The Morgan fingerprint density at radius 1 is 1.50 bits per heavy atom. The average Bonchev–Trinajstić information content (AvgIpc) is 2.32. The lowest BCUT2D eigenvalue weighted by Crippen LogP contribution is -2.24. The summed E-state index contributed by atoms with van der Waals surface area (Å²) in [7, 11) is 1.60. The van der Waals surface area contributed by atoms with Gasteiger partial charge in [0.25, 0.3) is 0 Å². The number of nitriles is 1. The molecule has 0 amide bonds. The molecule has 0 saturated heterocycles. The number of nitrogens with zero attached hydrogens (tertiary/aromatic N) is 2. The van der Waals surface area contributed by atoms with E-state index in [1.165, 1.54) is 0 Å². The van der Waals surface area contributed by atoms with Crippen LogP contribution in [-0.2, 0) is 0 Å². The highest BCUT2D eigenvalue weighted by Crippen LogP contribution is 2.31. The summed E-state index contributed by atoms with van der Waals surface area (Å²) in [6.07, 6.45) is 0.491. The van der Waals surface area contributed by atoms with Crippen LogP contribution in [0.25, 0.3) is 0 Å². The van der Waals surface area contributed by atoms with Crippen molar-refractivity contribution in [2.75, 3.05) is 30.8 Å². The van der Waals surface area contributed by atoms with Crippen molar-refractivity contribution in [1.82, 2.24) is 0 Å². The maximum Gasteiger partial charge on any atom is 0.143 e. The van der Waals surface area contributed by atoms with Crippen LogP contribution in [0.1, 0.15) is 13.3 Å². The molecule has 1 aromatic rings. The first kappa shape index (κ1) is 12.2. The van der Waals surface area contributed by atoms with Gasteiger partial charge in [0, 0.05) is 13.1 Å². The van der Waals surface area contributed by atoms with Crippen molar-refractivity contribution < 1.29 is 4.74 Å². The molecule has 0 heterocycles. The number of nitrogens with two attached hydrogens (primary N) is 1. The lowest BCUT2D eigenvalue weighted by molar-refractivity contribution is 0.417. The van der Waals surface area contributed by atoms with Gasteiger partial charge in [-0.1, -0.05) is 6.07 Å². The van der Waals surface area contributed by atoms with Crippen LogP contribution in [0.15, 0.2) is 18.2 Å². The molecule has 0 bridgehead atoms. The number of benzene rings is 1. The van der Waals surface area contributed by atoms with Crippen LogP contribution in [-0.4, -0.2) is 20.2 Å². The molecule has 0 unspecified atom stereocenters. The number of ether oxygens (including phenoxy) is 1. The summed E-state index contributed by atoms with van der Waals surface area (Å²) < 4.78 is 5.17. The molecular formula is C12H17N3O. The van der Waals surface area contributed by atoms with E-state index < -0.39 is 0 Å². The third kappa shape index (κ3) is 2.57. The van der Waals surface area contributed by atoms with Gasteiger partial charge in [0.15, 0.2) is 0 Å². The highest BCUT2D eigenvalue weighted by atomic mass is 16.5. The van der Waals surface area contributed by atoms with E-state index in [0.717, 1.165) is 12.2 Å². The zero-order valence-corrected chi connectivity index (χ0v) is 9.73. The average molecular weight is 219 g/mol. The monoisotopic (exact) mass is 219 g/mol. The van der Waals surface area contributed by atoms with Crippen LogP contribution in [0.2, 0.25) is 0 Å². The fraction of sp³-hybridized carbons (Fsp3) is 0.417. The van der Waals surface area contributed by atoms with Crippen molar-refractivity contribution in [2.24, 2.45) is 0 Å². The van der Waals surface area contributed by atoms with Gasteiger partial charge in [0.05, 0.1) is 31.0 Å². The van der Waals surface area contributed by atoms with Crippen LogP contribution < -0.4 is 15.4 Å². The van der Waals surface area contributed by atoms with Crippen LogP contribution in [0.4, 0.5) is 11.4 Å². The van der Waals surface area contributed by atoms with Crippen molar-refractivity contribution in [1.29, 1.82) is 5.26 Å². The molecule has 4 nitrogen and oxygen atoms in total. The summed E-state index contributed by atoms with van der Waals surface area (Å²) >= 11 is 0.